The molecular weight excluding hydrogens is 318 g/mol. The molecule has 1 aromatic carbocycles. The third-order valence-electron chi connectivity index (χ3n) is 4.47. The lowest BCUT2D eigenvalue weighted by atomic mass is 9.85. The van der Waals surface area contributed by atoms with Gasteiger partial charge in [0.25, 0.3) is 0 Å². The molecule has 0 unspecified atom stereocenters. The lowest BCUT2D eigenvalue weighted by Gasteiger charge is -2.16. The van der Waals surface area contributed by atoms with Crippen LogP contribution in [-0.4, -0.2) is 26.1 Å². The zero-order valence-electron chi connectivity index (χ0n) is 14.4. The van der Waals surface area contributed by atoms with Gasteiger partial charge in [-0.1, -0.05) is 17.2 Å². The molecule has 7 heteroatoms. The standard InChI is InChI=1S/C18H17N5O2/c1-10-19-8-13(9-20-10)12-5-6-14-15(7-12)23(16(24)18(14,3)4)17-22-21-11(2)25-17/h5-9H,1-4H3. The maximum absolute atomic E-state index is 13.0. The molecule has 4 rings (SSSR count). The minimum Gasteiger partial charge on any atom is -0.408 e. The maximum Gasteiger partial charge on any atom is 0.329 e. The van der Waals surface area contributed by atoms with E-state index in [1.54, 1.807) is 19.3 Å². The number of hydrogen-bond donors (Lipinski definition) is 0. The largest absolute Gasteiger partial charge is 0.408 e. The summed E-state index contributed by atoms with van der Waals surface area (Å²) in [4.78, 5) is 22.9. The third-order valence-corrected chi connectivity index (χ3v) is 4.47. The van der Waals surface area contributed by atoms with Crippen LogP contribution in [0.25, 0.3) is 11.1 Å². The second-order valence-electron chi connectivity index (χ2n) is 6.62. The number of hydrogen-bond acceptors (Lipinski definition) is 6. The fraction of sp³-hybridized carbons (Fsp3) is 0.278. The summed E-state index contributed by atoms with van der Waals surface area (Å²) in [6.07, 6.45) is 3.54. The van der Waals surface area contributed by atoms with E-state index in [-0.39, 0.29) is 11.9 Å². The third kappa shape index (κ3) is 2.31. The maximum atomic E-state index is 13.0. The van der Waals surface area contributed by atoms with E-state index in [4.69, 9.17) is 4.42 Å². The Labute approximate surface area is 144 Å². The number of aryl methyl sites for hydroxylation is 2. The molecule has 25 heavy (non-hydrogen) atoms. The molecule has 0 saturated carbocycles. The monoisotopic (exact) mass is 335 g/mol. The van der Waals surface area contributed by atoms with Gasteiger partial charge in [0.05, 0.1) is 11.1 Å². The van der Waals surface area contributed by atoms with Gasteiger partial charge in [-0.05, 0) is 38.0 Å². The van der Waals surface area contributed by atoms with Gasteiger partial charge in [-0.15, -0.1) is 5.10 Å². The predicted molar refractivity (Wildman–Crippen MR) is 91.4 cm³/mol. The fourth-order valence-corrected chi connectivity index (χ4v) is 3.04. The molecule has 1 amide bonds. The number of rotatable bonds is 2. The van der Waals surface area contributed by atoms with Crippen molar-refractivity contribution in [1.82, 2.24) is 20.2 Å². The lowest BCUT2D eigenvalue weighted by Crippen LogP contribution is -2.33. The Balaban J connectivity index is 1.88. The Morgan fingerprint density at radius 1 is 1.04 bits per heavy atom. The Hall–Kier alpha value is -3.09. The molecule has 0 bridgehead atoms. The quantitative estimate of drug-likeness (QED) is 0.715. The summed E-state index contributed by atoms with van der Waals surface area (Å²) in [6.45, 7) is 7.33. The molecule has 3 heterocycles. The number of benzene rings is 1. The van der Waals surface area contributed by atoms with Crippen LogP contribution >= 0.6 is 0 Å². The summed E-state index contributed by atoms with van der Waals surface area (Å²) in [5.41, 5.74) is 2.81. The molecule has 0 radical (unpaired) electrons. The zero-order valence-corrected chi connectivity index (χ0v) is 14.4. The SMILES string of the molecule is Cc1ncc(-c2ccc3c(c2)N(c2nnc(C)o2)C(=O)C3(C)C)cn1. The molecule has 7 nitrogen and oxygen atoms in total. The van der Waals surface area contributed by atoms with Crippen molar-refractivity contribution in [2.75, 3.05) is 4.90 Å². The van der Waals surface area contributed by atoms with Gasteiger partial charge in [-0.2, -0.15) is 0 Å². The van der Waals surface area contributed by atoms with E-state index in [0.717, 1.165) is 22.4 Å². The molecular formula is C18H17N5O2. The van der Waals surface area contributed by atoms with Crippen LogP contribution in [0.1, 0.15) is 31.1 Å². The first-order chi connectivity index (χ1) is 11.9. The summed E-state index contributed by atoms with van der Waals surface area (Å²) >= 11 is 0. The van der Waals surface area contributed by atoms with Crippen molar-refractivity contribution in [1.29, 1.82) is 0 Å². The van der Waals surface area contributed by atoms with Crippen LogP contribution < -0.4 is 4.90 Å². The van der Waals surface area contributed by atoms with Crippen molar-refractivity contribution < 1.29 is 9.21 Å². The average Bonchev–Trinajstić information content (AvgIpc) is 3.08. The van der Waals surface area contributed by atoms with Gasteiger partial charge in [0.2, 0.25) is 11.8 Å². The van der Waals surface area contributed by atoms with Gasteiger partial charge in [0, 0.05) is 24.9 Å². The summed E-state index contributed by atoms with van der Waals surface area (Å²) < 4.78 is 5.51. The van der Waals surface area contributed by atoms with E-state index in [0.29, 0.717) is 11.7 Å². The van der Waals surface area contributed by atoms with Crippen molar-refractivity contribution in [2.45, 2.75) is 33.1 Å². The lowest BCUT2D eigenvalue weighted by molar-refractivity contribution is -0.121. The van der Waals surface area contributed by atoms with Gasteiger partial charge < -0.3 is 4.42 Å². The summed E-state index contributed by atoms with van der Waals surface area (Å²) in [7, 11) is 0. The minimum absolute atomic E-state index is 0.0940. The van der Waals surface area contributed by atoms with Crippen molar-refractivity contribution in [3.8, 4) is 11.1 Å². The topological polar surface area (TPSA) is 85.0 Å². The molecule has 2 aromatic heterocycles. The van der Waals surface area contributed by atoms with Crippen molar-refractivity contribution in [3.63, 3.8) is 0 Å². The normalized spacial score (nSPS) is 15.5. The highest BCUT2D eigenvalue weighted by molar-refractivity contribution is 6.11. The highest BCUT2D eigenvalue weighted by atomic mass is 16.4. The highest BCUT2D eigenvalue weighted by Gasteiger charge is 2.46. The van der Waals surface area contributed by atoms with Gasteiger partial charge in [-0.3, -0.25) is 4.79 Å². The van der Waals surface area contributed by atoms with Crippen LogP contribution in [0, 0.1) is 13.8 Å². The van der Waals surface area contributed by atoms with Crippen LogP contribution in [0.4, 0.5) is 11.7 Å². The number of aromatic nitrogens is 4. The molecule has 0 spiro atoms. The summed E-state index contributed by atoms with van der Waals surface area (Å²) in [5.74, 6) is 1.03. The number of anilines is 2. The van der Waals surface area contributed by atoms with Crippen molar-refractivity contribution >= 4 is 17.6 Å². The molecule has 1 aliphatic heterocycles. The molecule has 1 aliphatic rings. The molecule has 126 valence electrons. The van der Waals surface area contributed by atoms with E-state index in [9.17, 15) is 4.79 Å². The molecule has 3 aromatic rings. The Morgan fingerprint density at radius 2 is 1.76 bits per heavy atom. The summed E-state index contributed by atoms with van der Waals surface area (Å²) in [6, 6.07) is 6.07. The van der Waals surface area contributed by atoms with Crippen molar-refractivity contribution in [2.24, 2.45) is 0 Å². The highest BCUT2D eigenvalue weighted by Crippen LogP contribution is 2.46. The van der Waals surface area contributed by atoms with Crippen LogP contribution in [0.2, 0.25) is 0 Å². The number of carbonyl (C=O) groups is 1. The van der Waals surface area contributed by atoms with E-state index in [2.05, 4.69) is 20.2 Å². The van der Waals surface area contributed by atoms with E-state index in [1.807, 2.05) is 39.0 Å². The number of nitrogens with zero attached hydrogens (tertiary/aromatic N) is 5. The van der Waals surface area contributed by atoms with E-state index < -0.39 is 5.41 Å². The molecule has 0 fully saturated rings. The van der Waals surface area contributed by atoms with Gasteiger partial charge in [-0.25, -0.2) is 14.9 Å². The predicted octanol–water partition coefficient (Wildman–Crippen LogP) is 3.10. The van der Waals surface area contributed by atoms with Crippen LogP contribution in [0.5, 0.6) is 0 Å². The van der Waals surface area contributed by atoms with Gasteiger partial charge in [0.1, 0.15) is 5.82 Å². The smallest absolute Gasteiger partial charge is 0.329 e. The van der Waals surface area contributed by atoms with Crippen molar-refractivity contribution in [3.05, 3.63) is 47.9 Å². The second-order valence-corrected chi connectivity index (χ2v) is 6.62. The summed E-state index contributed by atoms with van der Waals surface area (Å²) in [5, 5.41) is 7.87. The molecule has 0 atom stereocenters. The van der Waals surface area contributed by atoms with Gasteiger partial charge >= 0.3 is 6.01 Å². The first-order valence-electron chi connectivity index (χ1n) is 7.96. The van der Waals surface area contributed by atoms with Crippen LogP contribution in [0.15, 0.2) is 35.0 Å². The fourth-order valence-electron chi connectivity index (χ4n) is 3.04. The molecule has 0 saturated heterocycles. The van der Waals surface area contributed by atoms with Crippen LogP contribution in [0.3, 0.4) is 0 Å². The number of amides is 1. The first-order valence-corrected chi connectivity index (χ1v) is 7.96. The van der Waals surface area contributed by atoms with E-state index >= 15 is 0 Å². The Bertz CT molecular complexity index is 975. The van der Waals surface area contributed by atoms with Gasteiger partial charge in [0.15, 0.2) is 0 Å². The first kappa shape index (κ1) is 15.4. The Kier molecular flexibility index (Phi) is 3.21. The van der Waals surface area contributed by atoms with Crippen LogP contribution in [-0.2, 0) is 10.2 Å². The molecule has 0 aliphatic carbocycles. The number of fused-ring (bicyclic) bond motifs is 1. The minimum atomic E-state index is -0.667. The second kappa shape index (κ2) is 5.20. The Morgan fingerprint density at radius 3 is 2.40 bits per heavy atom. The average molecular weight is 335 g/mol. The zero-order chi connectivity index (χ0) is 17.8. The molecule has 0 N–H and O–H groups in total. The number of carbonyl (C=O) groups excluding carboxylic acids is 1. The van der Waals surface area contributed by atoms with E-state index in [1.165, 1.54) is 4.90 Å².